The Kier molecular flexibility index (Phi) is 5.95. The molecule has 1 atom stereocenters. The fourth-order valence-electron chi connectivity index (χ4n) is 4.17. The van der Waals surface area contributed by atoms with E-state index in [1.165, 1.54) is 25.7 Å². The lowest BCUT2D eigenvalue weighted by Gasteiger charge is -2.20. The summed E-state index contributed by atoms with van der Waals surface area (Å²) in [5.74, 6) is 0.878. The molecule has 0 radical (unpaired) electrons. The summed E-state index contributed by atoms with van der Waals surface area (Å²) in [5, 5.41) is 7.77. The molecule has 150 valence electrons. The minimum Gasteiger partial charge on any atom is -0.382 e. The molecule has 2 heterocycles. The number of hydrogen-bond donors (Lipinski definition) is 2. The van der Waals surface area contributed by atoms with Gasteiger partial charge in [0, 0.05) is 42.0 Å². The van der Waals surface area contributed by atoms with E-state index in [-0.39, 0.29) is 5.38 Å². The van der Waals surface area contributed by atoms with Crippen LogP contribution in [0.4, 0.5) is 5.69 Å². The van der Waals surface area contributed by atoms with Crippen molar-refractivity contribution in [3.05, 3.63) is 34.8 Å². The average Bonchev–Trinajstić information content (AvgIpc) is 3.27. The smallest absolute Gasteiger partial charge is 0.166 e. The number of aromatic nitrogens is 3. The van der Waals surface area contributed by atoms with Gasteiger partial charge < -0.3 is 10.6 Å². The molecule has 0 bridgehead atoms. The molecule has 0 spiro atoms. The molecule has 2 aromatic heterocycles. The molecule has 28 heavy (non-hydrogen) atoms. The summed E-state index contributed by atoms with van der Waals surface area (Å²) >= 11 is 12.7. The molecule has 2 N–H and O–H groups in total. The SMILES string of the molecule is Cc1cc(NCCNC2CCCC2)c2nc(C)n(C3=CC=C(Cl)CC3Cl)c2n1. The standard InChI is InChI=1S/C21H27Cl2N5/c1-13-11-18(25-10-9-24-16-5-3-4-6-16)20-21(26-13)28(14(2)27-20)19-8-7-15(22)12-17(19)23/h7-8,11,16-17,24H,3-6,9-10,12H2,1-2H3,(H,25,26). The minimum absolute atomic E-state index is 0.192. The number of hydrogen-bond acceptors (Lipinski definition) is 4. The second kappa shape index (κ2) is 8.44. The van der Waals surface area contributed by atoms with E-state index in [1.807, 2.05) is 26.0 Å². The molecule has 0 saturated heterocycles. The van der Waals surface area contributed by atoms with E-state index in [0.29, 0.717) is 12.5 Å². The highest BCUT2D eigenvalue weighted by atomic mass is 35.5. The number of nitrogens with zero attached hydrogens (tertiary/aromatic N) is 3. The first-order valence-corrected chi connectivity index (χ1v) is 10.9. The Balaban J connectivity index is 1.59. The van der Waals surface area contributed by atoms with Crippen molar-refractivity contribution in [1.29, 1.82) is 0 Å². The number of rotatable bonds is 6. The van der Waals surface area contributed by atoms with Crippen molar-refractivity contribution >= 4 is 45.8 Å². The van der Waals surface area contributed by atoms with Crippen LogP contribution in [0.1, 0.15) is 43.6 Å². The Morgan fingerprint density at radius 1 is 1.14 bits per heavy atom. The maximum atomic E-state index is 6.59. The second-order valence-electron chi connectivity index (χ2n) is 7.72. The summed E-state index contributed by atoms with van der Waals surface area (Å²) in [6.07, 6.45) is 9.81. The summed E-state index contributed by atoms with van der Waals surface area (Å²) in [4.78, 5) is 9.57. The van der Waals surface area contributed by atoms with Gasteiger partial charge in [0.2, 0.25) is 0 Å². The lowest BCUT2D eigenvalue weighted by molar-refractivity contribution is 0.536. The van der Waals surface area contributed by atoms with Crippen LogP contribution in [0.25, 0.3) is 16.9 Å². The molecule has 5 nitrogen and oxygen atoms in total. The first kappa shape index (κ1) is 19.7. The van der Waals surface area contributed by atoms with Crippen LogP contribution in [-0.2, 0) is 0 Å². The van der Waals surface area contributed by atoms with Gasteiger partial charge in [-0.2, -0.15) is 0 Å². The van der Waals surface area contributed by atoms with E-state index >= 15 is 0 Å². The molecule has 0 aliphatic heterocycles. The number of aryl methyl sites for hydroxylation is 2. The second-order valence-corrected chi connectivity index (χ2v) is 8.73. The lowest BCUT2D eigenvalue weighted by atomic mass is 10.1. The predicted octanol–water partition coefficient (Wildman–Crippen LogP) is 4.97. The van der Waals surface area contributed by atoms with E-state index in [2.05, 4.69) is 21.3 Å². The average molecular weight is 420 g/mol. The Morgan fingerprint density at radius 2 is 1.93 bits per heavy atom. The summed E-state index contributed by atoms with van der Waals surface area (Å²) in [6, 6.07) is 2.75. The molecule has 0 amide bonds. The van der Waals surface area contributed by atoms with Crippen molar-refractivity contribution in [3.8, 4) is 0 Å². The molecule has 7 heteroatoms. The van der Waals surface area contributed by atoms with Crippen LogP contribution in [0, 0.1) is 13.8 Å². The van der Waals surface area contributed by atoms with Crippen LogP contribution >= 0.6 is 23.2 Å². The molecule has 1 saturated carbocycles. The third kappa shape index (κ3) is 4.07. The van der Waals surface area contributed by atoms with E-state index in [0.717, 1.165) is 52.2 Å². The molecule has 2 aliphatic carbocycles. The molecule has 0 aromatic carbocycles. The van der Waals surface area contributed by atoms with Crippen molar-refractivity contribution in [3.63, 3.8) is 0 Å². The number of halogens is 2. The lowest BCUT2D eigenvalue weighted by Crippen LogP contribution is -2.30. The van der Waals surface area contributed by atoms with Gasteiger partial charge in [-0.15, -0.1) is 11.6 Å². The van der Waals surface area contributed by atoms with Gasteiger partial charge >= 0.3 is 0 Å². The summed E-state index contributed by atoms with van der Waals surface area (Å²) in [6.45, 7) is 5.82. The highest BCUT2D eigenvalue weighted by Gasteiger charge is 2.23. The number of imidazole rings is 1. The maximum absolute atomic E-state index is 6.59. The largest absolute Gasteiger partial charge is 0.382 e. The fraction of sp³-hybridized carbons (Fsp3) is 0.524. The van der Waals surface area contributed by atoms with Crippen molar-refractivity contribution in [2.24, 2.45) is 0 Å². The minimum atomic E-state index is -0.192. The Hall–Kier alpha value is -1.56. The van der Waals surface area contributed by atoms with Crippen LogP contribution < -0.4 is 10.6 Å². The molecule has 4 rings (SSSR count). The van der Waals surface area contributed by atoms with Crippen molar-refractivity contribution in [2.45, 2.75) is 57.4 Å². The first-order valence-electron chi connectivity index (χ1n) is 10.1. The third-order valence-corrected chi connectivity index (χ3v) is 6.19. The number of nitrogens with one attached hydrogen (secondary N) is 2. The van der Waals surface area contributed by atoms with Crippen LogP contribution in [0.15, 0.2) is 23.3 Å². The zero-order valence-electron chi connectivity index (χ0n) is 16.4. The van der Waals surface area contributed by atoms with Gasteiger partial charge in [-0.3, -0.25) is 4.57 Å². The van der Waals surface area contributed by atoms with Crippen LogP contribution in [0.2, 0.25) is 0 Å². The maximum Gasteiger partial charge on any atom is 0.166 e. The van der Waals surface area contributed by atoms with Crippen LogP contribution in [0.3, 0.4) is 0 Å². The fourth-order valence-corrected chi connectivity index (χ4v) is 4.80. The van der Waals surface area contributed by atoms with Gasteiger partial charge in [-0.25, -0.2) is 9.97 Å². The quantitative estimate of drug-likeness (QED) is 0.512. The molecular weight excluding hydrogens is 393 g/mol. The van der Waals surface area contributed by atoms with Crippen molar-refractivity contribution in [1.82, 2.24) is 19.9 Å². The molecule has 2 aromatic rings. The van der Waals surface area contributed by atoms with E-state index in [4.69, 9.17) is 33.2 Å². The van der Waals surface area contributed by atoms with Gasteiger partial charge in [0.25, 0.3) is 0 Å². The number of fused-ring (bicyclic) bond motifs is 1. The zero-order chi connectivity index (χ0) is 19.7. The van der Waals surface area contributed by atoms with Gasteiger partial charge in [-0.05, 0) is 44.9 Å². The van der Waals surface area contributed by atoms with Gasteiger partial charge in [-0.1, -0.05) is 24.4 Å². The van der Waals surface area contributed by atoms with Crippen molar-refractivity contribution in [2.75, 3.05) is 18.4 Å². The number of allylic oxidation sites excluding steroid dienone is 4. The first-order chi connectivity index (χ1) is 13.5. The van der Waals surface area contributed by atoms with Crippen LogP contribution in [-0.4, -0.2) is 39.0 Å². The summed E-state index contributed by atoms with van der Waals surface area (Å²) in [5.41, 5.74) is 4.67. The molecule has 1 unspecified atom stereocenters. The molecule has 2 aliphatic rings. The predicted molar refractivity (Wildman–Crippen MR) is 118 cm³/mol. The highest BCUT2D eigenvalue weighted by molar-refractivity contribution is 6.32. The summed E-state index contributed by atoms with van der Waals surface area (Å²) in [7, 11) is 0. The summed E-state index contributed by atoms with van der Waals surface area (Å²) < 4.78 is 2.06. The topological polar surface area (TPSA) is 54.8 Å². The Bertz CT molecular complexity index is 925. The highest BCUT2D eigenvalue weighted by Crippen LogP contribution is 2.33. The Labute approximate surface area is 176 Å². The zero-order valence-corrected chi connectivity index (χ0v) is 17.9. The molecule has 1 fully saturated rings. The number of anilines is 1. The van der Waals surface area contributed by atoms with Gasteiger partial charge in [0.15, 0.2) is 5.65 Å². The van der Waals surface area contributed by atoms with Gasteiger partial charge in [0.05, 0.1) is 11.1 Å². The van der Waals surface area contributed by atoms with E-state index in [9.17, 15) is 0 Å². The third-order valence-electron chi connectivity index (χ3n) is 5.53. The van der Waals surface area contributed by atoms with Crippen molar-refractivity contribution < 1.29 is 0 Å². The van der Waals surface area contributed by atoms with E-state index < -0.39 is 0 Å². The monoisotopic (exact) mass is 419 g/mol. The Morgan fingerprint density at radius 3 is 2.68 bits per heavy atom. The van der Waals surface area contributed by atoms with E-state index in [1.54, 1.807) is 0 Å². The van der Waals surface area contributed by atoms with Gasteiger partial charge in [0.1, 0.15) is 11.3 Å². The normalized spacial score (nSPS) is 20.5. The number of alkyl halides is 1. The number of pyridine rings is 1. The van der Waals surface area contributed by atoms with Crippen LogP contribution in [0.5, 0.6) is 0 Å². The molecular formula is C21H27Cl2N5.